The number of fused-ring (bicyclic) bond motifs is 1. The molecule has 0 fully saturated rings. The molecule has 18 heavy (non-hydrogen) atoms. The molecular weight excluding hydrogens is 242 g/mol. The van der Waals surface area contributed by atoms with Crippen LogP contribution in [0.2, 0.25) is 19.6 Å². The molecule has 4 nitrogen and oxygen atoms in total. The third-order valence-corrected chi connectivity index (χ3v) is 4.00. The molecule has 1 aromatic heterocycles. The van der Waals surface area contributed by atoms with Crippen molar-refractivity contribution in [1.29, 1.82) is 5.26 Å². The molecule has 0 amide bonds. The van der Waals surface area contributed by atoms with Gasteiger partial charge < -0.3 is 9.33 Å². The topological polar surface area (TPSA) is 49.2 Å². The van der Waals surface area contributed by atoms with Crippen LogP contribution in [0.1, 0.15) is 12.0 Å². The molecule has 1 atom stereocenters. The molecule has 0 radical (unpaired) electrons. The maximum absolute atomic E-state index is 9.64. The first-order valence-corrected chi connectivity index (χ1v) is 9.57. The molecule has 96 valence electrons. The lowest BCUT2D eigenvalue weighted by Gasteiger charge is -2.40. The molecule has 2 rings (SSSR count). The van der Waals surface area contributed by atoms with Crippen molar-refractivity contribution < 1.29 is 4.43 Å². The van der Waals surface area contributed by atoms with Gasteiger partial charge in [0.05, 0.1) is 0 Å². The van der Waals surface area contributed by atoms with E-state index in [0.717, 1.165) is 17.9 Å². The van der Waals surface area contributed by atoms with E-state index in [1.807, 2.05) is 19.2 Å². The number of nitrogens with zero attached hydrogens (tertiary/aromatic N) is 3. The Morgan fingerprint density at radius 1 is 1.50 bits per heavy atom. The minimum Gasteiger partial charge on any atom is -0.396 e. The molecule has 0 spiro atoms. The van der Waals surface area contributed by atoms with Crippen LogP contribution in [0.5, 0.6) is 0 Å². The predicted molar refractivity (Wildman–Crippen MR) is 73.8 cm³/mol. The van der Waals surface area contributed by atoms with Gasteiger partial charge in [-0.05, 0) is 31.8 Å². The molecule has 0 saturated carbocycles. The van der Waals surface area contributed by atoms with Crippen molar-refractivity contribution in [1.82, 2.24) is 4.98 Å². The van der Waals surface area contributed by atoms with Crippen molar-refractivity contribution in [3.63, 3.8) is 0 Å². The Balaban J connectivity index is 2.52. The van der Waals surface area contributed by atoms with E-state index in [2.05, 4.69) is 35.6 Å². The maximum Gasteiger partial charge on any atom is 0.186 e. The Kier molecular flexibility index (Phi) is 3.17. The molecular formula is C13H19N3OSi. The van der Waals surface area contributed by atoms with Crippen molar-refractivity contribution in [2.75, 3.05) is 18.5 Å². The molecule has 0 aromatic carbocycles. The summed E-state index contributed by atoms with van der Waals surface area (Å²) in [6.45, 7) is 7.13. The van der Waals surface area contributed by atoms with Crippen LogP contribution in [0.3, 0.4) is 0 Å². The van der Waals surface area contributed by atoms with E-state index >= 15 is 0 Å². The van der Waals surface area contributed by atoms with Crippen molar-refractivity contribution in [3.8, 4) is 6.07 Å². The molecule has 1 aliphatic rings. The van der Waals surface area contributed by atoms with Gasteiger partial charge in [0, 0.05) is 31.8 Å². The van der Waals surface area contributed by atoms with Crippen LogP contribution in [0, 0.1) is 11.3 Å². The van der Waals surface area contributed by atoms with Gasteiger partial charge in [0.1, 0.15) is 11.9 Å². The number of pyridine rings is 1. The van der Waals surface area contributed by atoms with E-state index < -0.39 is 13.9 Å². The van der Waals surface area contributed by atoms with E-state index in [0.29, 0.717) is 6.42 Å². The van der Waals surface area contributed by atoms with Crippen LogP contribution >= 0.6 is 0 Å². The summed E-state index contributed by atoms with van der Waals surface area (Å²) >= 11 is 0. The number of hydrogen-bond acceptors (Lipinski definition) is 4. The molecule has 0 saturated heterocycles. The fraction of sp³-hybridized carbons (Fsp3) is 0.538. The van der Waals surface area contributed by atoms with Crippen LogP contribution in [0.4, 0.5) is 5.82 Å². The second-order valence-corrected chi connectivity index (χ2v) is 10.1. The first-order chi connectivity index (χ1) is 8.38. The van der Waals surface area contributed by atoms with Crippen LogP contribution in [-0.4, -0.2) is 26.9 Å². The van der Waals surface area contributed by atoms with E-state index in [9.17, 15) is 5.26 Å². The summed E-state index contributed by atoms with van der Waals surface area (Å²) in [7, 11) is 0.204. The fourth-order valence-electron chi connectivity index (χ4n) is 2.35. The molecule has 2 heterocycles. The predicted octanol–water partition coefficient (Wildman–Crippen LogP) is 2.49. The second-order valence-electron chi connectivity index (χ2n) is 5.70. The summed E-state index contributed by atoms with van der Waals surface area (Å²) < 4.78 is 6.20. The summed E-state index contributed by atoms with van der Waals surface area (Å²) in [6, 6.07) is 6.23. The lowest BCUT2D eigenvalue weighted by atomic mass is 9.89. The third-order valence-electron chi connectivity index (χ3n) is 3.04. The van der Waals surface area contributed by atoms with Crippen LogP contribution in [0.25, 0.3) is 0 Å². The van der Waals surface area contributed by atoms with E-state index in [4.69, 9.17) is 4.43 Å². The summed E-state index contributed by atoms with van der Waals surface area (Å²) in [4.78, 5) is 6.47. The van der Waals surface area contributed by atoms with Gasteiger partial charge in [-0.25, -0.2) is 4.98 Å². The Morgan fingerprint density at radius 2 is 2.22 bits per heavy atom. The highest BCUT2D eigenvalue weighted by atomic mass is 28.4. The van der Waals surface area contributed by atoms with E-state index in [1.54, 1.807) is 6.20 Å². The van der Waals surface area contributed by atoms with Crippen molar-refractivity contribution in [2.45, 2.75) is 31.7 Å². The minimum absolute atomic E-state index is 0.697. The molecule has 5 heteroatoms. The molecule has 0 bridgehead atoms. The zero-order valence-corrected chi connectivity index (χ0v) is 12.4. The van der Waals surface area contributed by atoms with Gasteiger partial charge in [-0.1, -0.05) is 0 Å². The van der Waals surface area contributed by atoms with Gasteiger partial charge in [0.2, 0.25) is 0 Å². The normalized spacial score (nSPS) is 23.4. The lowest BCUT2D eigenvalue weighted by molar-refractivity contribution is 0.106. The van der Waals surface area contributed by atoms with E-state index in [1.165, 1.54) is 0 Å². The van der Waals surface area contributed by atoms with Gasteiger partial charge in [-0.3, -0.25) is 0 Å². The van der Waals surface area contributed by atoms with Crippen LogP contribution in [0.15, 0.2) is 18.3 Å². The zero-order chi connectivity index (χ0) is 13.4. The van der Waals surface area contributed by atoms with Crippen molar-refractivity contribution in [2.24, 2.45) is 0 Å². The third kappa shape index (κ3) is 2.26. The van der Waals surface area contributed by atoms with Crippen LogP contribution in [-0.2, 0) is 10.0 Å². The highest BCUT2D eigenvalue weighted by Gasteiger charge is 2.43. The van der Waals surface area contributed by atoms with Crippen LogP contribution < -0.4 is 4.90 Å². The second kappa shape index (κ2) is 4.37. The molecule has 1 aliphatic heterocycles. The van der Waals surface area contributed by atoms with Crippen molar-refractivity contribution >= 4 is 14.1 Å². The fourth-order valence-corrected chi connectivity index (χ4v) is 3.65. The lowest BCUT2D eigenvalue weighted by Crippen LogP contribution is -2.45. The molecule has 0 N–H and O–H groups in total. The number of nitriles is 1. The number of hydrogen-bond donors (Lipinski definition) is 0. The smallest absolute Gasteiger partial charge is 0.186 e. The first kappa shape index (κ1) is 13.1. The minimum atomic E-state index is -1.80. The van der Waals surface area contributed by atoms with Gasteiger partial charge in [-0.15, -0.1) is 0 Å². The Hall–Kier alpha value is -1.38. The zero-order valence-electron chi connectivity index (χ0n) is 11.4. The first-order valence-electron chi connectivity index (χ1n) is 6.16. The summed E-state index contributed by atoms with van der Waals surface area (Å²) in [5, 5.41) is 9.64. The van der Waals surface area contributed by atoms with Gasteiger partial charge in [0.25, 0.3) is 0 Å². The number of anilines is 1. The summed E-state index contributed by atoms with van der Waals surface area (Å²) in [5.41, 5.74) is 0.0873. The molecule has 1 unspecified atom stereocenters. The summed E-state index contributed by atoms with van der Waals surface area (Å²) in [5.74, 6) is 0.864. The Labute approximate surface area is 109 Å². The SMILES string of the molecule is CN1CCC(C#N)(O[Si](C)(C)C)c2cccnc21. The highest BCUT2D eigenvalue weighted by Crippen LogP contribution is 2.40. The number of aromatic nitrogens is 1. The average molecular weight is 261 g/mol. The number of rotatable bonds is 2. The highest BCUT2D eigenvalue weighted by molar-refractivity contribution is 6.69. The molecule has 0 aliphatic carbocycles. The Bertz CT molecular complexity index is 492. The standard InChI is InChI=1S/C13H19N3OSi/c1-16-9-7-13(10-14,17-18(2,3)4)11-6-5-8-15-12(11)16/h5-6,8H,7,9H2,1-4H3. The van der Waals surface area contributed by atoms with E-state index in [-0.39, 0.29) is 0 Å². The van der Waals surface area contributed by atoms with Gasteiger partial charge in [-0.2, -0.15) is 5.26 Å². The van der Waals surface area contributed by atoms with Gasteiger partial charge in [0.15, 0.2) is 13.9 Å². The average Bonchev–Trinajstić information content (AvgIpc) is 2.32. The summed E-state index contributed by atoms with van der Waals surface area (Å²) in [6.07, 6.45) is 2.46. The quantitative estimate of drug-likeness (QED) is 0.767. The monoisotopic (exact) mass is 261 g/mol. The maximum atomic E-state index is 9.64. The van der Waals surface area contributed by atoms with Gasteiger partial charge >= 0.3 is 0 Å². The Morgan fingerprint density at radius 3 is 2.83 bits per heavy atom. The van der Waals surface area contributed by atoms with Crippen molar-refractivity contribution in [3.05, 3.63) is 23.9 Å². The molecule has 1 aromatic rings. The largest absolute Gasteiger partial charge is 0.396 e.